The summed E-state index contributed by atoms with van der Waals surface area (Å²) in [5.74, 6) is 2.52. The first-order valence-electron chi connectivity index (χ1n) is 6.30. The first-order chi connectivity index (χ1) is 9.26. The van der Waals surface area contributed by atoms with Gasteiger partial charge < -0.3 is 14.2 Å². The average molecular weight is 279 g/mol. The van der Waals surface area contributed by atoms with Gasteiger partial charge >= 0.3 is 0 Å². The molecule has 3 rings (SSSR count). The maximum absolute atomic E-state index is 5.03. The van der Waals surface area contributed by atoms with Crippen molar-refractivity contribution in [1.82, 2.24) is 18.9 Å². The smallest absolute Gasteiger partial charge is 0.205 e. The van der Waals surface area contributed by atoms with E-state index in [0.29, 0.717) is 12.5 Å². The van der Waals surface area contributed by atoms with Crippen LogP contribution in [-0.2, 0) is 17.9 Å². The van der Waals surface area contributed by atoms with E-state index in [4.69, 9.17) is 4.74 Å². The number of aromatic nitrogens is 4. The SMILES string of the molecule is COCc1nsc(N2CC(Cn3ccnc3C)C2)n1. The molecule has 0 spiro atoms. The lowest BCUT2D eigenvalue weighted by Gasteiger charge is -2.39. The van der Waals surface area contributed by atoms with Gasteiger partial charge in [-0.25, -0.2) is 9.97 Å². The van der Waals surface area contributed by atoms with Gasteiger partial charge in [-0.15, -0.1) is 0 Å². The molecule has 1 aliphatic heterocycles. The van der Waals surface area contributed by atoms with Crippen LogP contribution in [0.15, 0.2) is 12.4 Å². The lowest BCUT2D eigenvalue weighted by molar-refractivity contribution is 0.179. The Hall–Kier alpha value is -1.47. The zero-order chi connectivity index (χ0) is 13.2. The molecule has 2 aromatic heterocycles. The third-order valence-electron chi connectivity index (χ3n) is 3.34. The van der Waals surface area contributed by atoms with Gasteiger partial charge in [0, 0.05) is 56.6 Å². The Morgan fingerprint density at radius 3 is 3.00 bits per heavy atom. The molecular weight excluding hydrogens is 262 g/mol. The van der Waals surface area contributed by atoms with Gasteiger partial charge in [0.2, 0.25) is 5.13 Å². The number of aryl methyl sites for hydroxylation is 1. The first-order valence-corrected chi connectivity index (χ1v) is 7.08. The maximum Gasteiger partial charge on any atom is 0.205 e. The normalized spacial score (nSPS) is 15.8. The van der Waals surface area contributed by atoms with Crippen LogP contribution in [-0.4, -0.2) is 39.1 Å². The lowest BCUT2D eigenvalue weighted by Crippen LogP contribution is -2.48. The Balaban J connectivity index is 1.53. The molecule has 0 aromatic carbocycles. The van der Waals surface area contributed by atoms with Crippen molar-refractivity contribution in [2.45, 2.75) is 20.1 Å². The number of hydrogen-bond acceptors (Lipinski definition) is 6. The molecule has 0 bridgehead atoms. The van der Waals surface area contributed by atoms with Crippen LogP contribution in [0.25, 0.3) is 0 Å². The van der Waals surface area contributed by atoms with Gasteiger partial charge in [-0.2, -0.15) is 4.37 Å². The summed E-state index contributed by atoms with van der Waals surface area (Å²) in [6, 6.07) is 0. The molecule has 3 heterocycles. The van der Waals surface area contributed by atoms with Crippen LogP contribution in [0.3, 0.4) is 0 Å². The summed E-state index contributed by atoms with van der Waals surface area (Å²) < 4.78 is 11.5. The number of imidazole rings is 1. The van der Waals surface area contributed by atoms with Crippen LogP contribution in [0, 0.1) is 12.8 Å². The van der Waals surface area contributed by atoms with E-state index in [0.717, 1.165) is 36.4 Å². The van der Waals surface area contributed by atoms with Crippen molar-refractivity contribution in [3.8, 4) is 0 Å². The Morgan fingerprint density at radius 2 is 2.32 bits per heavy atom. The molecule has 2 aromatic rings. The summed E-state index contributed by atoms with van der Waals surface area (Å²) in [6.07, 6.45) is 3.90. The summed E-state index contributed by atoms with van der Waals surface area (Å²) in [7, 11) is 1.66. The fraction of sp³-hybridized carbons (Fsp3) is 0.583. The summed E-state index contributed by atoms with van der Waals surface area (Å²) in [4.78, 5) is 11.0. The van der Waals surface area contributed by atoms with Crippen molar-refractivity contribution < 1.29 is 4.74 Å². The zero-order valence-electron chi connectivity index (χ0n) is 11.1. The van der Waals surface area contributed by atoms with E-state index in [2.05, 4.69) is 23.8 Å². The van der Waals surface area contributed by atoms with Gasteiger partial charge in [-0.1, -0.05) is 0 Å². The van der Waals surface area contributed by atoms with Gasteiger partial charge in [0.15, 0.2) is 5.82 Å². The molecule has 0 atom stereocenters. The maximum atomic E-state index is 5.03. The van der Waals surface area contributed by atoms with Crippen LogP contribution in [0.4, 0.5) is 5.13 Å². The number of ether oxygens (including phenoxy) is 1. The van der Waals surface area contributed by atoms with E-state index < -0.39 is 0 Å². The molecule has 1 saturated heterocycles. The van der Waals surface area contributed by atoms with Gasteiger partial charge in [-0.05, 0) is 6.92 Å². The summed E-state index contributed by atoms with van der Waals surface area (Å²) >= 11 is 1.45. The highest BCUT2D eigenvalue weighted by Gasteiger charge is 2.29. The van der Waals surface area contributed by atoms with Crippen molar-refractivity contribution in [3.05, 3.63) is 24.0 Å². The standard InChI is InChI=1S/C12H17N5OS/c1-9-13-3-4-16(9)5-10-6-17(7-10)12-14-11(8-18-2)15-19-12/h3-4,10H,5-8H2,1-2H3. The highest BCUT2D eigenvalue weighted by molar-refractivity contribution is 7.09. The van der Waals surface area contributed by atoms with Crippen molar-refractivity contribution in [3.63, 3.8) is 0 Å². The highest BCUT2D eigenvalue weighted by atomic mass is 32.1. The minimum atomic E-state index is 0.488. The number of methoxy groups -OCH3 is 1. The Labute approximate surface area is 116 Å². The molecule has 102 valence electrons. The molecule has 0 aliphatic carbocycles. The average Bonchev–Trinajstić information content (AvgIpc) is 2.94. The number of rotatable bonds is 5. The van der Waals surface area contributed by atoms with Gasteiger partial charge in [-0.3, -0.25) is 0 Å². The van der Waals surface area contributed by atoms with E-state index in [1.54, 1.807) is 7.11 Å². The highest BCUT2D eigenvalue weighted by Crippen LogP contribution is 2.27. The Morgan fingerprint density at radius 1 is 1.47 bits per heavy atom. The fourth-order valence-corrected chi connectivity index (χ4v) is 2.97. The largest absolute Gasteiger partial charge is 0.377 e. The van der Waals surface area contributed by atoms with Gasteiger partial charge in [0.25, 0.3) is 0 Å². The minimum absolute atomic E-state index is 0.488. The zero-order valence-corrected chi connectivity index (χ0v) is 11.9. The van der Waals surface area contributed by atoms with E-state index in [-0.39, 0.29) is 0 Å². The van der Waals surface area contributed by atoms with Gasteiger partial charge in [0.1, 0.15) is 12.4 Å². The van der Waals surface area contributed by atoms with E-state index >= 15 is 0 Å². The van der Waals surface area contributed by atoms with Crippen LogP contribution in [0.1, 0.15) is 11.6 Å². The number of nitrogens with zero attached hydrogens (tertiary/aromatic N) is 5. The molecule has 0 N–H and O–H groups in total. The number of anilines is 1. The van der Waals surface area contributed by atoms with E-state index in [1.165, 1.54) is 11.5 Å². The van der Waals surface area contributed by atoms with Crippen LogP contribution in [0.5, 0.6) is 0 Å². The minimum Gasteiger partial charge on any atom is -0.377 e. The van der Waals surface area contributed by atoms with Crippen molar-refractivity contribution >= 4 is 16.7 Å². The third-order valence-corrected chi connectivity index (χ3v) is 4.15. The molecule has 0 radical (unpaired) electrons. The molecule has 7 heteroatoms. The van der Waals surface area contributed by atoms with Crippen LogP contribution >= 0.6 is 11.5 Å². The van der Waals surface area contributed by atoms with Crippen molar-refractivity contribution in [2.75, 3.05) is 25.1 Å². The van der Waals surface area contributed by atoms with Crippen molar-refractivity contribution in [1.29, 1.82) is 0 Å². The second kappa shape index (κ2) is 5.26. The van der Waals surface area contributed by atoms with Crippen LogP contribution < -0.4 is 4.90 Å². The molecule has 0 saturated carbocycles. The number of hydrogen-bond donors (Lipinski definition) is 0. The monoisotopic (exact) mass is 279 g/mol. The molecule has 6 nitrogen and oxygen atoms in total. The van der Waals surface area contributed by atoms with E-state index in [1.807, 2.05) is 19.3 Å². The summed E-state index contributed by atoms with van der Waals surface area (Å²) in [5, 5.41) is 1.01. The van der Waals surface area contributed by atoms with Crippen LogP contribution in [0.2, 0.25) is 0 Å². The predicted octanol–water partition coefficient (Wildman–Crippen LogP) is 1.33. The summed E-state index contributed by atoms with van der Waals surface area (Å²) in [6.45, 7) is 5.64. The van der Waals surface area contributed by atoms with E-state index in [9.17, 15) is 0 Å². The predicted molar refractivity (Wildman–Crippen MR) is 73.3 cm³/mol. The first kappa shape index (κ1) is 12.6. The third kappa shape index (κ3) is 2.62. The molecule has 0 unspecified atom stereocenters. The molecular formula is C12H17N5OS. The fourth-order valence-electron chi connectivity index (χ4n) is 2.28. The topological polar surface area (TPSA) is 56.1 Å². The Bertz CT molecular complexity index is 546. The Kier molecular flexibility index (Phi) is 3.48. The van der Waals surface area contributed by atoms with Crippen molar-refractivity contribution in [2.24, 2.45) is 5.92 Å². The second-order valence-corrected chi connectivity index (χ2v) is 5.55. The molecule has 1 aliphatic rings. The molecule has 19 heavy (non-hydrogen) atoms. The van der Waals surface area contributed by atoms with Gasteiger partial charge in [0.05, 0.1) is 0 Å². The second-order valence-electron chi connectivity index (χ2n) is 4.82. The lowest BCUT2D eigenvalue weighted by atomic mass is 10.0. The molecule has 1 fully saturated rings. The summed E-state index contributed by atoms with van der Waals surface area (Å²) in [5.41, 5.74) is 0. The molecule has 0 amide bonds. The quantitative estimate of drug-likeness (QED) is 0.826.